The summed E-state index contributed by atoms with van der Waals surface area (Å²) < 4.78 is 0. The van der Waals surface area contributed by atoms with Crippen molar-refractivity contribution < 1.29 is 5.11 Å². The Balaban J connectivity index is 1.74. The third-order valence-corrected chi connectivity index (χ3v) is 4.98. The molecule has 0 aliphatic heterocycles. The molecule has 94 valence electrons. The van der Waals surface area contributed by atoms with Crippen LogP contribution >= 0.6 is 11.3 Å². The first-order valence-electron chi connectivity index (χ1n) is 6.57. The lowest BCUT2D eigenvalue weighted by molar-refractivity contribution is 0.182. The smallest absolute Gasteiger partial charge is 0.0922 e. The Bertz CT molecular complexity index is 517. The molecule has 1 atom stereocenters. The van der Waals surface area contributed by atoms with E-state index < -0.39 is 0 Å². The molecule has 0 fully saturated rings. The van der Waals surface area contributed by atoms with Crippen LogP contribution in [0.3, 0.4) is 0 Å². The van der Waals surface area contributed by atoms with Crippen LogP contribution in [-0.2, 0) is 19.3 Å². The normalized spacial score (nSPS) is 15.7. The Morgan fingerprint density at radius 2 is 2.00 bits per heavy atom. The summed E-state index contributed by atoms with van der Waals surface area (Å²) in [5.74, 6) is 0. The quantitative estimate of drug-likeness (QED) is 0.887. The van der Waals surface area contributed by atoms with E-state index in [0.717, 1.165) is 11.3 Å². The summed E-state index contributed by atoms with van der Waals surface area (Å²) in [6.07, 6.45) is 4.07. The summed E-state index contributed by atoms with van der Waals surface area (Å²) in [4.78, 5) is 2.63. The maximum absolute atomic E-state index is 10.3. The van der Waals surface area contributed by atoms with Crippen LogP contribution < -0.4 is 0 Å². The fourth-order valence-electron chi connectivity index (χ4n) is 2.56. The Morgan fingerprint density at radius 1 is 1.22 bits per heavy atom. The number of aliphatic hydroxyl groups is 1. The first kappa shape index (κ1) is 11.9. The Labute approximate surface area is 112 Å². The third-order valence-electron chi connectivity index (χ3n) is 3.64. The summed E-state index contributed by atoms with van der Waals surface area (Å²) in [6, 6.07) is 10.7. The summed E-state index contributed by atoms with van der Waals surface area (Å²) in [5.41, 5.74) is 3.95. The second kappa shape index (κ2) is 4.87. The van der Waals surface area contributed by atoms with Gasteiger partial charge < -0.3 is 5.11 Å². The van der Waals surface area contributed by atoms with Gasteiger partial charge in [0.2, 0.25) is 0 Å². The zero-order valence-electron chi connectivity index (χ0n) is 10.6. The topological polar surface area (TPSA) is 20.2 Å². The van der Waals surface area contributed by atoms with Gasteiger partial charge in [-0.05, 0) is 43.4 Å². The zero-order valence-corrected chi connectivity index (χ0v) is 11.5. The van der Waals surface area contributed by atoms with Gasteiger partial charge in [-0.3, -0.25) is 0 Å². The molecule has 0 saturated heterocycles. The summed E-state index contributed by atoms with van der Waals surface area (Å²) in [6.45, 7) is 2.09. The predicted octanol–water partition coefficient (Wildman–Crippen LogP) is 3.82. The number of hydrogen-bond acceptors (Lipinski definition) is 2. The van der Waals surface area contributed by atoms with E-state index in [1.54, 1.807) is 11.3 Å². The molecule has 1 N–H and O–H groups in total. The lowest BCUT2D eigenvalue weighted by atomic mass is 10.0. The van der Waals surface area contributed by atoms with Gasteiger partial charge in [0.15, 0.2) is 0 Å². The van der Waals surface area contributed by atoms with E-state index >= 15 is 0 Å². The van der Waals surface area contributed by atoms with E-state index in [4.69, 9.17) is 0 Å². The predicted molar refractivity (Wildman–Crippen MR) is 76.2 cm³/mol. The Morgan fingerprint density at radius 3 is 2.72 bits per heavy atom. The Hall–Kier alpha value is -1.12. The molecule has 1 nitrogen and oxygen atoms in total. The van der Waals surface area contributed by atoms with E-state index in [1.165, 1.54) is 40.8 Å². The number of aryl methyl sites for hydroxylation is 3. The fourth-order valence-corrected chi connectivity index (χ4v) is 3.81. The van der Waals surface area contributed by atoms with Gasteiger partial charge in [0.05, 0.1) is 6.10 Å². The number of aliphatic hydroxyl groups excluding tert-OH is 1. The van der Waals surface area contributed by atoms with Crippen molar-refractivity contribution in [3.05, 3.63) is 56.8 Å². The molecule has 18 heavy (non-hydrogen) atoms. The third kappa shape index (κ3) is 2.36. The minimum atomic E-state index is -0.344. The number of fused-ring (bicyclic) bond motifs is 1. The van der Waals surface area contributed by atoms with Crippen molar-refractivity contribution in [2.45, 2.75) is 38.7 Å². The van der Waals surface area contributed by atoms with Crippen molar-refractivity contribution in [3.63, 3.8) is 0 Å². The molecule has 0 saturated carbocycles. The van der Waals surface area contributed by atoms with Crippen LogP contribution in [0.5, 0.6) is 0 Å². The number of benzene rings is 1. The lowest BCUT2D eigenvalue weighted by Crippen LogP contribution is -1.99. The molecule has 0 radical (unpaired) electrons. The molecule has 2 aromatic rings. The van der Waals surface area contributed by atoms with Crippen LogP contribution in [0, 0.1) is 6.92 Å². The largest absolute Gasteiger partial charge is 0.387 e. The molecule has 1 aromatic carbocycles. The maximum Gasteiger partial charge on any atom is 0.0922 e. The van der Waals surface area contributed by atoms with Crippen LogP contribution in [0.2, 0.25) is 0 Å². The monoisotopic (exact) mass is 258 g/mol. The van der Waals surface area contributed by atoms with Gasteiger partial charge in [0.1, 0.15) is 0 Å². The van der Waals surface area contributed by atoms with Crippen LogP contribution in [0.1, 0.15) is 39.0 Å². The second-order valence-corrected chi connectivity index (χ2v) is 6.32. The minimum absolute atomic E-state index is 0.344. The van der Waals surface area contributed by atoms with Crippen molar-refractivity contribution >= 4 is 11.3 Å². The molecule has 0 bridgehead atoms. The Kier molecular flexibility index (Phi) is 3.23. The van der Waals surface area contributed by atoms with Gasteiger partial charge in [-0.2, -0.15) is 0 Å². The van der Waals surface area contributed by atoms with E-state index in [2.05, 4.69) is 37.3 Å². The molecule has 0 spiro atoms. The highest BCUT2D eigenvalue weighted by Crippen LogP contribution is 2.34. The molecule has 3 rings (SSSR count). The molecule has 0 amide bonds. The van der Waals surface area contributed by atoms with Gasteiger partial charge in [-0.25, -0.2) is 0 Å². The minimum Gasteiger partial charge on any atom is -0.387 e. The van der Waals surface area contributed by atoms with E-state index in [1.807, 2.05) is 0 Å². The average molecular weight is 258 g/mol. The average Bonchev–Trinajstić information content (AvgIpc) is 2.92. The van der Waals surface area contributed by atoms with Crippen molar-refractivity contribution in [1.82, 2.24) is 0 Å². The van der Waals surface area contributed by atoms with Crippen molar-refractivity contribution in [2.24, 2.45) is 0 Å². The molecule has 2 heteroatoms. The van der Waals surface area contributed by atoms with Gasteiger partial charge in [-0.1, -0.05) is 29.8 Å². The van der Waals surface area contributed by atoms with E-state index in [9.17, 15) is 5.11 Å². The van der Waals surface area contributed by atoms with Crippen LogP contribution in [-0.4, -0.2) is 5.11 Å². The molecular weight excluding hydrogens is 240 g/mol. The van der Waals surface area contributed by atoms with Crippen molar-refractivity contribution in [1.29, 1.82) is 0 Å². The molecule has 1 aromatic heterocycles. The van der Waals surface area contributed by atoms with Gasteiger partial charge in [-0.15, -0.1) is 11.3 Å². The van der Waals surface area contributed by atoms with Gasteiger partial charge in [0, 0.05) is 16.2 Å². The van der Waals surface area contributed by atoms with Crippen LogP contribution in [0.15, 0.2) is 30.3 Å². The molecule has 1 aliphatic rings. The highest BCUT2D eigenvalue weighted by Gasteiger charge is 2.18. The SMILES string of the molecule is Cc1ccc(CC(O)c2cc3c(s2)CCC3)cc1. The van der Waals surface area contributed by atoms with Crippen molar-refractivity contribution in [3.8, 4) is 0 Å². The highest BCUT2D eigenvalue weighted by atomic mass is 32.1. The first-order valence-corrected chi connectivity index (χ1v) is 7.39. The number of rotatable bonds is 3. The van der Waals surface area contributed by atoms with Crippen molar-refractivity contribution in [2.75, 3.05) is 0 Å². The number of thiophene rings is 1. The van der Waals surface area contributed by atoms with Crippen LogP contribution in [0.25, 0.3) is 0 Å². The molecule has 1 unspecified atom stereocenters. The summed E-state index contributed by atoms with van der Waals surface area (Å²) in [7, 11) is 0. The summed E-state index contributed by atoms with van der Waals surface area (Å²) in [5, 5.41) is 10.3. The molecular formula is C16H18OS. The molecule has 1 aliphatic carbocycles. The standard InChI is InChI=1S/C16H18OS/c1-11-5-7-12(8-6-11)9-14(17)16-10-13-3-2-4-15(13)18-16/h5-8,10,14,17H,2-4,9H2,1H3. The van der Waals surface area contributed by atoms with Gasteiger partial charge in [0.25, 0.3) is 0 Å². The summed E-state index contributed by atoms with van der Waals surface area (Å²) >= 11 is 1.80. The molecule has 1 heterocycles. The lowest BCUT2D eigenvalue weighted by Gasteiger charge is -2.09. The fraction of sp³-hybridized carbons (Fsp3) is 0.375. The number of hydrogen-bond donors (Lipinski definition) is 1. The zero-order chi connectivity index (χ0) is 12.5. The first-order chi connectivity index (χ1) is 8.72. The maximum atomic E-state index is 10.3. The van der Waals surface area contributed by atoms with E-state index in [0.29, 0.717) is 0 Å². The highest BCUT2D eigenvalue weighted by molar-refractivity contribution is 7.12. The van der Waals surface area contributed by atoms with Crippen LogP contribution in [0.4, 0.5) is 0 Å². The van der Waals surface area contributed by atoms with E-state index in [-0.39, 0.29) is 6.10 Å². The van der Waals surface area contributed by atoms with Gasteiger partial charge >= 0.3 is 0 Å². The second-order valence-electron chi connectivity index (χ2n) is 5.16.